The number of rotatable bonds is 9. The minimum absolute atomic E-state index is 0.130. The van der Waals surface area contributed by atoms with Gasteiger partial charge >= 0.3 is 5.97 Å². The van der Waals surface area contributed by atoms with E-state index in [0.717, 1.165) is 18.6 Å². The Kier molecular flexibility index (Phi) is 7.82. The molecule has 2 aromatic rings. The molecule has 1 aliphatic rings. The number of carboxylic acids is 1. The molecule has 3 rings (SSSR count). The fourth-order valence-electron chi connectivity index (χ4n) is 4.51. The monoisotopic (exact) mass is 422 g/mol. The number of aliphatic carboxylic acids is 1. The van der Waals surface area contributed by atoms with Crippen LogP contribution < -0.4 is 0 Å². The van der Waals surface area contributed by atoms with E-state index in [0.29, 0.717) is 5.92 Å². The van der Waals surface area contributed by atoms with Gasteiger partial charge in [0.25, 0.3) is 0 Å². The first-order valence-corrected chi connectivity index (χ1v) is 12.1. The van der Waals surface area contributed by atoms with Crippen LogP contribution in [-0.4, -0.2) is 16.8 Å². The van der Waals surface area contributed by atoms with E-state index < -0.39 is 5.97 Å². The van der Waals surface area contributed by atoms with Crippen molar-refractivity contribution in [1.82, 2.24) is 0 Å². The van der Waals surface area contributed by atoms with Gasteiger partial charge in [0, 0.05) is 16.1 Å². The van der Waals surface area contributed by atoms with Crippen LogP contribution in [0.25, 0.3) is 0 Å². The third kappa shape index (κ3) is 5.57. The Hall–Kier alpha value is -2.00. The Morgan fingerprint density at radius 2 is 1.80 bits per heavy atom. The standard InChI is InChI=1S/C27H34O2S/c1-20-12-15-22(16-13-20)27(3)19-30-25-18-21(2)14-17-23(25)24(27)10-8-6-4-5-7-9-11-26(28)29/h7,9,12-18,24H,4-6,8,10-11,19H2,1-3H3,(H,28,29)/b9-7+. The Morgan fingerprint density at radius 3 is 2.53 bits per heavy atom. The molecule has 0 spiro atoms. The Balaban J connectivity index is 1.71. The van der Waals surface area contributed by atoms with Crippen LogP contribution in [-0.2, 0) is 10.2 Å². The number of unbranched alkanes of at least 4 members (excludes halogenated alkanes) is 3. The molecule has 30 heavy (non-hydrogen) atoms. The normalized spacial score (nSPS) is 21.0. The second-order valence-electron chi connectivity index (χ2n) is 8.87. The van der Waals surface area contributed by atoms with Gasteiger partial charge in [0.1, 0.15) is 0 Å². The van der Waals surface area contributed by atoms with E-state index in [4.69, 9.17) is 5.11 Å². The highest BCUT2D eigenvalue weighted by molar-refractivity contribution is 7.99. The lowest BCUT2D eigenvalue weighted by Gasteiger charge is -2.43. The van der Waals surface area contributed by atoms with E-state index in [1.165, 1.54) is 46.4 Å². The van der Waals surface area contributed by atoms with Crippen molar-refractivity contribution in [3.05, 3.63) is 76.9 Å². The van der Waals surface area contributed by atoms with E-state index in [-0.39, 0.29) is 11.8 Å². The molecule has 0 amide bonds. The highest BCUT2D eigenvalue weighted by Crippen LogP contribution is 2.52. The van der Waals surface area contributed by atoms with Crippen molar-refractivity contribution in [2.75, 3.05) is 5.75 Å². The molecule has 1 aliphatic heterocycles. The number of hydrogen-bond donors (Lipinski definition) is 1. The van der Waals surface area contributed by atoms with Gasteiger partial charge in [0.15, 0.2) is 0 Å². The Morgan fingerprint density at radius 1 is 1.07 bits per heavy atom. The zero-order chi connectivity index (χ0) is 21.6. The van der Waals surface area contributed by atoms with E-state index in [2.05, 4.69) is 63.2 Å². The molecule has 0 saturated carbocycles. The van der Waals surface area contributed by atoms with E-state index in [1.807, 2.05) is 17.8 Å². The number of allylic oxidation sites excluding steroid dienone is 1. The van der Waals surface area contributed by atoms with E-state index >= 15 is 0 Å². The molecule has 0 fully saturated rings. The zero-order valence-electron chi connectivity index (χ0n) is 18.5. The molecular weight excluding hydrogens is 388 g/mol. The molecule has 160 valence electrons. The second kappa shape index (κ2) is 10.3. The zero-order valence-corrected chi connectivity index (χ0v) is 19.3. The van der Waals surface area contributed by atoms with Crippen molar-refractivity contribution in [1.29, 1.82) is 0 Å². The number of thioether (sulfide) groups is 1. The first kappa shape index (κ1) is 22.7. The molecule has 0 aliphatic carbocycles. The Labute approximate surface area is 185 Å². The second-order valence-corrected chi connectivity index (χ2v) is 9.89. The van der Waals surface area contributed by atoms with Crippen molar-refractivity contribution in [3.8, 4) is 0 Å². The van der Waals surface area contributed by atoms with Crippen LogP contribution >= 0.6 is 11.8 Å². The van der Waals surface area contributed by atoms with Gasteiger partial charge in [-0.3, -0.25) is 4.79 Å². The predicted octanol–water partition coefficient (Wildman–Crippen LogP) is 7.43. The molecule has 0 bridgehead atoms. The average Bonchev–Trinajstić information content (AvgIpc) is 2.71. The molecule has 2 nitrogen and oxygen atoms in total. The van der Waals surface area contributed by atoms with Crippen molar-refractivity contribution in [3.63, 3.8) is 0 Å². The summed E-state index contributed by atoms with van der Waals surface area (Å²) >= 11 is 2.01. The van der Waals surface area contributed by atoms with Gasteiger partial charge < -0.3 is 5.11 Å². The summed E-state index contributed by atoms with van der Waals surface area (Å²) in [6, 6.07) is 16.1. The molecule has 2 unspecified atom stereocenters. The van der Waals surface area contributed by atoms with Crippen molar-refractivity contribution >= 4 is 17.7 Å². The lowest BCUT2D eigenvalue weighted by atomic mass is 9.67. The van der Waals surface area contributed by atoms with Gasteiger partial charge in [0.2, 0.25) is 0 Å². The number of carboxylic acid groups (broad SMARTS) is 1. The van der Waals surface area contributed by atoms with E-state index in [1.54, 1.807) is 6.08 Å². The van der Waals surface area contributed by atoms with Crippen molar-refractivity contribution in [2.24, 2.45) is 0 Å². The van der Waals surface area contributed by atoms with Gasteiger partial charge in [-0.2, -0.15) is 0 Å². The molecular formula is C27H34O2S. The highest BCUT2D eigenvalue weighted by atomic mass is 32.2. The molecule has 0 radical (unpaired) electrons. The summed E-state index contributed by atoms with van der Waals surface area (Å²) in [7, 11) is 0. The fraction of sp³-hybridized carbons (Fsp3) is 0.444. The van der Waals surface area contributed by atoms with Crippen LogP contribution in [0, 0.1) is 13.8 Å². The van der Waals surface area contributed by atoms with Gasteiger partial charge in [-0.05, 0) is 56.2 Å². The van der Waals surface area contributed by atoms with Gasteiger partial charge in [-0.25, -0.2) is 0 Å². The maximum Gasteiger partial charge on any atom is 0.307 e. The number of hydrogen-bond acceptors (Lipinski definition) is 2. The topological polar surface area (TPSA) is 37.3 Å². The molecule has 2 aromatic carbocycles. The average molecular weight is 423 g/mol. The summed E-state index contributed by atoms with van der Waals surface area (Å²) in [6.45, 7) is 6.79. The molecule has 1 N–H and O–H groups in total. The summed E-state index contributed by atoms with van der Waals surface area (Å²) in [4.78, 5) is 12.0. The minimum Gasteiger partial charge on any atom is -0.481 e. The van der Waals surface area contributed by atoms with Crippen LogP contribution in [0.4, 0.5) is 0 Å². The molecule has 3 heteroatoms. The summed E-state index contributed by atoms with van der Waals surface area (Å²) < 4.78 is 0. The SMILES string of the molecule is Cc1ccc(C2(C)CSc3cc(C)ccc3C2CCCCC/C=C/CC(=O)O)cc1. The van der Waals surface area contributed by atoms with Crippen molar-refractivity contribution in [2.45, 2.75) is 75.5 Å². The smallest absolute Gasteiger partial charge is 0.307 e. The lowest BCUT2D eigenvalue weighted by Crippen LogP contribution is -2.36. The largest absolute Gasteiger partial charge is 0.481 e. The van der Waals surface area contributed by atoms with Crippen molar-refractivity contribution < 1.29 is 9.90 Å². The third-order valence-electron chi connectivity index (χ3n) is 6.37. The maximum absolute atomic E-state index is 10.6. The summed E-state index contributed by atoms with van der Waals surface area (Å²) in [5, 5.41) is 8.70. The van der Waals surface area contributed by atoms with Gasteiger partial charge in [-0.15, -0.1) is 11.8 Å². The van der Waals surface area contributed by atoms with Gasteiger partial charge in [-0.1, -0.05) is 79.4 Å². The third-order valence-corrected chi connectivity index (χ3v) is 7.78. The molecule has 2 atom stereocenters. The number of carbonyl (C=O) groups is 1. The van der Waals surface area contributed by atoms with Crippen LogP contribution in [0.15, 0.2) is 59.5 Å². The number of benzene rings is 2. The number of aryl methyl sites for hydroxylation is 2. The fourth-order valence-corrected chi connectivity index (χ4v) is 5.98. The van der Waals surface area contributed by atoms with Crippen LogP contribution in [0.1, 0.15) is 73.6 Å². The van der Waals surface area contributed by atoms with Crippen LogP contribution in [0.3, 0.4) is 0 Å². The quantitative estimate of drug-likeness (QED) is 0.337. The van der Waals surface area contributed by atoms with Crippen LogP contribution in [0.5, 0.6) is 0 Å². The lowest BCUT2D eigenvalue weighted by molar-refractivity contribution is -0.136. The predicted molar refractivity (Wildman–Crippen MR) is 128 cm³/mol. The van der Waals surface area contributed by atoms with Gasteiger partial charge in [0.05, 0.1) is 6.42 Å². The molecule has 1 heterocycles. The van der Waals surface area contributed by atoms with Crippen LogP contribution in [0.2, 0.25) is 0 Å². The summed E-state index contributed by atoms with van der Waals surface area (Å²) in [5.74, 6) is 0.889. The molecule has 0 saturated heterocycles. The minimum atomic E-state index is -0.759. The highest BCUT2D eigenvalue weighted by Gasteiger charge is 2.40. The molecule has 0 aromatic heterocycles. The maximum atomic E-state index is 10.6. The summed E-state index contributed by atoms with van der Waals surface area (Å²) in [5.41, 5.74) is 5.76. The van der Waals surface area contributed by atoms with E-state index in [9.17, 15) is 4.79 Å². The Bertz CT molecular complexity index is 884. The first-order chi connectivity index (χ1) is 14.4. The summed E-state index contributed by atoms with van der Waals surface area (Å²) in [6.07, 6.45) is 9.60. The number of fused-ring (bicyclic) bond motifs is 1. The first-order valence-electron chi connectivity index (χ1n) is 11.1.